The molecule has 0 spiro atoms. The van der Waals surface area contributed by atoms with Crippen LogP contribution in [0.25, 0.3) is 93.5 Å². The molecular formula is C39H21N5S. The van der Waals surface area contributed by atoms with E-state index in [1.54, 1.807) is 0 Å². The van der Waals surface area contributed by atoms with Crippen molar-refractivity contribution in [3.8, 4) is 11.1 Å². The molecule has 0 unspecified atom stereocenters. The Morgan fingerprint density at radius 2 is 1.00 bits per heavy atom. The predicted octanol–water partition coefficient (Wildman–Crippen LogP) is 9.99. The first-order valence-electron chi connectivity index (χ1n) is 15.1. The van der Waals surface area contributed by atoms with Crippen LogP contribution in [-0.2, 0) is 0 Å². The van der Waals surface area contributed by atoms with E-state index in [0.717, 1.165) is 49.8 Å². The lowest BCUT2D eigenvalue weighted by molar-refractivity contribution is 1.08. The molecule has 0 fully saturated rings. The third-order valence-electron chi connectivity index (χ3n) is 9.53. The predicted molar refractivity (Wildman–Crippen MR) is 187 cm³/mol. The van der Waals surface area contributed by atoms with E-state index in [9.17, 15) is 0 Å². The Labute approximate surface area is 260 Å². The maximum Gasteiger partial charge on any atom is 0.222 e. The number of nitrogens with zero attached hydrogens (tertiary/aromatic N) is 5. The molecule has 0 saturated carbocycles. The molecule has 5 nitrogen and oxygen atoms in total. The van der Waals surface area contributed by atoms with Gasteiger partial charge in [-0.15, -0.1) is 0 Å². The number of para-hydroxylation sites is 5. The molecular weight excluding hydrogens is 571 g/mol. The van der Waals surface area contributed by atoms with Gasteiger partial charge in [0.1, 0.15) is 4.64 Å². The van der Waals surface area contributed by atoms with Crippen LogP contribution >= 0.6 is 12.2 Å². The monoisotopic (exact) mass is 591 g/mol. The summed E-state index contributed by atoms with van der Waals surface area (Å²) in [4.78, 5) is 10.3. The molecule has 0 saturated heterocycles. The molecule has 11 rings (SSSR count). The zero-order valence-electron chi connectivity index (χ0n) is 23.8. The summed E-state index contributed by atoms with van der Waals surface area (Å²) in [5.74, 6) is 0.772. The van der Waals surface area contributed by atoms with Gasteiger partial charge in [-0.3, -0.25) is 8.80 Å². The highest BCUT2D eigenvalue weighted by molar-refractivity contribution is 7.71. The Balaban J connectivity index is 1.31. The second kappa shape index (κ2) is 8.20. The first-order chi connectivity index (χ1) is 22.2. The summed E-state index contributed by atoms with van der Waals surface area (Å²) in [6.07, 6.45) is 0. The first kappa shape index (κ1) is 23.6. The summed E-state index contributed by atoms with van der Waals surface area (Å²) in [5.41, 5.74) is 10.8. The van der Waals surface area contributed by atoms with Gasteiger partial charge in [0.2, 0.25) is 5.78 Å². The highest BCUT2D eigenvalue weighted by Crippen LogP contribution is 2.42. The van der Waals surface area contributed by atoms with Crippen molar-refractivity contribution in [1.82, 2.24) is 23.2 Å². The van der Waals surface area contributed by atoms with E-state index in [1.807, 2.05) is 30.3 Å². The van der Waals surface area contributed by atoms with Crippen molar-refractivity contribution >= 4 is 94.6 Å². The average Bonchev–Trinajstić information content (AvgIpc) is 3.75. The molecule has 0 radical (unpaired) electrons. The van der Waals surface area contributed by atoms with E-state index < -0.39 is 0 Å². The summed E-state index contributed by atoms with van der Waals surface area (Å²) in [6, 6.07) is 45.3. The maximum atomic E-state index is 6.15. The van der Waals surface area contributed by atoms with Crippen LogP contribution in [0.4, 0.5) is 0 Å². The average molecular weight is 592 g/mol. The van der Waals surface area contributed by atoms with Crippen LogP contribution in [0.1, 0.15) is 0 Å². The molecule has 11 aromatic rings. The molecule has 5 heterocycles. The van der Waals surface area contributed by atoms with Crippen LogP contribution in [-0.4, -0.2) is 23.2 Å². The molecule has 0 aliphatic heterocycles. The molecule has 6 aromatic carbocycles. The van der Waals surface area contributed by atoms with Crippen LogP contribution in [0, 0.1) is 4.64 Å². The number of fused-ring (bicyclic) bond motifs is 15. The number of aromatic nitrogens is 5. The lowest BCUT2D eigenvalue weighted by Gasteiger charge is -2.13. The van der Waals surface area contributed by atoms with Gasteiger partial charge in [-0.25, -0.2) is 9.97 Å². The topological polar surface area (TPSA) is 39.0 Å². The van der Waals surface area contributed by atoms with Crippen molar-refractivity contribution in [1.29, 1.82) is 0 Å². The normalized spacial score (nSPS) is 12.5. The zero-order valence-corrected chi connectivity index (χ0v) is 24.6. The molecule has 5 aromatic heterocycles. The van der Waals surface area contributed by atoms with Gasteiger partial charge >= 0.3 is 0 Å². The van der Waals surface area contributed by atoms with Crippen molar-refractivity contribution in [3.63, 3.8) is 0 Å². The van der Waals surface area contributed by atoms with Crippen molar-refractivity contribution in [3.05, 3.63) is 132 Å². The maximum absolute atomic E-state index is 6.15. The number of hydrogen-bond donors (Lipinski definition) is 0. The summed E-state index contributed by atoms with van der Waals surface area (Å²) in [5, 5.41) is 7.03. The molecule has 45 heavy (non-hydrogen) atoms. The fraction of sp³-hybridized carbons (Fsp3) is 0. The molecule has 0 atom stereocenters. The molecule has 0 aliphatic carbocycles. The van der Waals surface area contributed by atoms with Crippen molar-refractivity contribution < 1.29 is 0 Å². The Bertz CT molecular complexity index is 3040. The number of rotatable bonds is 1. The van der Waals surface area contributed by atoms with Crippen molar-refractivity contribution in [2.75, 3.05) is 0 Å². The van der Waals surface area contributed by atoms with Gasteiger partial charge in [0.15, 0.2) is 5.65 Å². The van der Waals surface area contributed by atoms with Gasteiger partial charge in [0.25, 0.3) is 0 Å². The molecule has 0 amide bonds. The van der Waals surface area contributed by atoms with Gasteiger partial charge in [0, 0.05) is 32.3 Å². The van der Waals surface area contributed by atoms with E-state index in [0.29, 0.717) is 4.64 Å². The van der Waals surface area contributed by atoms with Crippen LogP contribution in [0.5, 0.6) is 0 Å². The van der Waals surface area contributed by atoms with Gasteiger partial charge in [0.05, 0.1) is 38.6 Å². The minimum Gasteiger partial charge on any atom is -0.308 e. The van der Waals surface area contributed by atoms with Crippen LogP contribution in [0.2, 0.25) is 0 Å². The van der Waals surface area contributed by atoms with Crippen molar-refractivity contribution in [2.45, 2.75) is 0 Å². The van der Waals surface area contributed by atoms with E-state index in [1.165, 1.54) is 43.7 Å². The number of hydrogen-bond acceptors (Lipinski definition) is 3. The molecule has 0 bridgehead atoms. The van der Waals surface area contributed by atoms with E-state index in [4.69, 9.17) is 22.2 Å². The second-order valence-corrected chi connectivity index (χ2v) is 12.2. The largest absolute Gasteiger partial charge is 0.308 e. The third kappa shape index (κ3) is 2.90. The SMILES string of the molecule is S=c1c2ccccc2nc2c3cc(-c4cc5c6ccccc6n6c7ccccc7c(c4)c56)ccc3n3c4ccccc4nc3n12. The Morgan fingerprint density at radius 1 is 0.422 bits per heavy atom. The van der Waals surface area contributed by atoms with Gasteiger partial charge in [-0.1, -0.05) is 78.9 Å². The van der Waals surface area contributed by atoms with Crippen LogP contribution in [0.3, 0.4) is 0 Å². The molecule has 208 valence electrons. The zero-order chi connectivity index (χ0) is 29.4. The second-order valence-electron chi connectivity index (χ2n) is 11.9. The fourth-order valence-electron chi connectivity index (χ4n) is 7.61. The first-order valence-corrected chi connectivity index (χ1v) is 15.5. The molecule has 0 aliphatic rings. The summed E-state index contributed by atoms with van der Waals surface area (Å²) >= 11 is 6.15. The summed E-state index contributed by atoms with van der Waals surface area (Å²) in [6.45, 7) is 0. The Hall–Kier alpha value is -5.85. The smallest absolute Gasteiger partial charge is 0.222 e. The summed E-state index contributed by atoms with van der Waals surface area (Å²) < 4.78 is 7.41. The quantitative estimate of drug-likeness (QED) is 0.108. The Kier molecular flexibility index (Phi) is 4.30. The summed E-state index contributed by atoms with van der Waals surface area (Å²) in [7, 11) is 0. The van der Waals surface area contributed by atoms with E-state index >= 15 is 0 Å². The highest BCUT2D eigenvalue weighted by atomic mass is 32.1. The van der Waals surface area contributed by atoms with Crippen LogP contribution in [0.15, 0.2) is 127 Å². The minimum absolute atomic E-state index is 0.710. The highest BCUT2D eigenvalue weighted by Gasteiger charge is 2.20. The van der Waals surface area contributed by atoms with Crippen molar-refractivity contribution in [2.24, 2.45) is 0 Å². The lowest BCUT2D eigenvalue weighted by Crippen LogP contribution is -2.03. The van der Waals surface area contributed by atoms with Gasteiger partial charge < -0.3 is 4.40 Å². The van der Waals surface area contributed by atoms with E-state index in [-0.39, 0.29) is 0 Å². The molecule has 6 heteroatoms. The standard InChI is InChI=1S/C39H21N5S/c45-38-26-11-1-4-12-30(26)40-37-29-19-22(17-18-34(29)43-35-16-8-5-13-31(35)41-39(43)44(37)38)23-20-27-24-9-2-6-14-32(24)42-33-15-7-3-10-25(33)28(21-23)36(27)42/h1-21H. The Morgan fingerprint density at radius 3 is 1.73 bits per heavy atom. The minimum atomic E-state index is 0.710. The van der Waals surface area contributed by atoms with Gasteiger partial charge in [-0.2, -0.15) is 0 Å². The third-order valence-corrected chi connectivity index (χ3v) is 9.94. The van der Waals surface area contributed by atoms with Gasteiger partial charge in [-0.05, 0) is 71.8 Å². The fourth-order valence-corrected chi connectivity index (χ4v) is 7.95. The lowest BCUT2D eigenvalue weighted by atomic mass is 9.98. The number of benzene rings is 6. The van der Waals surface area contributed by atoms with Crippen LogP contribution < -0.4 is 0 Å². The molecule has 0 N–H and O–H groups in total. The number of imidazole rings is 1. The van der Waals surface area contributed by atoms with E-state index in [2.05, 4.69) is 110 Å².